The highest BCUT2D eigenvalue weighted by atomic mass is 35.5. The maximum absolute atomic E-state index is 6.06. The molecule has 0 radical (unpaired) electrons. The van der Waals surface area contributed by atoms with Crippen LogP contribution in [0.5, 0.6) is 0 Å². The Kier molecular flexibility index (Phi) is 2.42. The van der Waals surface area contributed by atoms with Gasteiger partial charge in [-0.3, -0.25) is 0 Å². The van der Waals surface area contributed by atoms with Crippen LogP contribution in [-0.2, 0) is 5.41 Å². The number of hydrogen-bond donors (Lipinski definition) is 0. The molecule has 0 spiro atoms. The molecule has 0 aromatic heterocycles. The standard InChI is InChI=1S/C14H17Cl/c1-9(2)12-8-14(3,4)13-7-10(15)5-6-11(12)13/h5-7,12H,1,8H2,2-4H3/t12-/m1/s1. The zero-order chi connectivity index (χ0) is 11.2. The van der Waals surface area contributed by atoms with E-state index in [0.29, 0.717) is 5.92 Å². The Bertz CT molecular complexity index is 415. The summed E-state index contributed by atoms with van der Waals surface area (Å²) >= 11 is 6.06. The van der Waals surface area contributed by atoms with Crippen molar-refractivity contribution < 1.29 is 0 Å². The highest BCUT2D eigenvalue weighted by Crippen LogP contribution is 2.48. The molecule has 0 fully saturated rings. The van der Waals surface area contributed by atoms with Gasteiger partial charge in [-0.05, 0) is 42.0 Å². The van der Waals surface area contributed by atoms with Gasteiger partial charge in [-0.1, -0.05) is 43.7 Å². The summed E-state index contributed by atoms with van der Waals surface area (Å²) in [4.78, 5) is 0. The van der Waals surface area contributed by atoms with E-state index in [2.05, 4.69) is 39.5 Å². The van der Waals surface area contributed by atoms with Crippen molar-refractivity contribution in [2.24, 2.45) is 0 Å². The first kappa shape index (κ1) is 10.8. The minimum absolute atomic E-state index is 0.226. The minimum atomic E-state index is 0.226. The molecule has 1 atom stereocenters. The monoisotopic (exact) mass is 220 g/mol. The second-order valence-electron chi connectivity index (χ2n) is 5.22. The first-order valence-corrected chi connectivity index (χ1v) is 5.75. The first-order chi connectivity index (χ1) is 6.92. The van der Waals surface area contributed by atoms with E-state index in [1.807, 2.05) is 6.07 Å². The predicted molar refractivity (Wildman–Crippen MR) is 66.7 cm³/mol. The van der Waals surface area contributed by atoms with Crippen molar-refractivity contribution >= 4 is 11.6 Å². The van der Waals surface area contributed by atoms with Gasteiger partial charge in [-0.2, -0.15) is 0 Å². The van der Waals surface area contributed by atoms with Crippen LogP contribution in [0.4, 0.5) is 0 Å². The van der Waals surface area contributed by atoms with Gasteiger partial charge in [0, 0.05) is 10.9 Å². The van der Waals surface area contributed by atoms with Gasteiger partial charge in [0.25, 0.3) is 0 Å². The summed E-state index contributed by atoms with van der Waals surface area (Å²) in [5, 5.41) is 0.837. The molecule has 0 saturated heterocycles. The molecule has 80 valence electrons. The lowest BCUT2D eigenvalue weighted by atomic mass is 9.85. The third-order valence-electron chi connectivity index (χ3n) is 3.43. The van der Waals surface area contributed by atoms with Crippen LogP contribution in [0.15, 0.2) is 30.4 Å². The summed E-state index contributed by atoms with van der Waals surface area (Å²) in [5.41, 5.74) is 4.29. The van der Waals surface area contributed by atoms with E-state index in [4.69, 9.17) is 11.6 Å². The van der Waals surface area contributed by atoms with E-state index in [9.17, 15) is 0 Å². The Labute approximate surface area is 97.0 Å². The maximum atomic E-state index is 6.06. The van der Waals surface area contributed by atoms with Crippen LogP contribution in [0.25, 0.3) is 0 Å². The number of benzene rings is 1. The van der Waals surface area contributed by atoms with Gasteiger partial charge in [-0.15, -0.1) is 0 Å². The lowest BCUT2D eigenvalue weighted by molar-refractivity contribution is 0.497. The average molecular weight is 221 g/mol. The Balaban J connectivity index is 2.58. The molecular weight excluding hydrogens is 204 g/mol. The summed E-state index contributed by atoms with van der Waals surface area (Å²) in [6.45, 7) is 10.8. The van der Waals surface area contributed by atoms with E-state index >= 15 is 0 Å². The molecule has 1 aliphatic carbocycles. The van der Waals surface area contributed by atoms with E-state index in [1.165, 1.54) is 16.7 Å². The highest BCUT2D eigenvalue weighted by Gasteiger charge is 2.36. The molecule has 0 saturated carbocycles. The Morgan fingerprint density at radius 3 is 2.73 bits per heavy atom. The zero-order valence-electron chi connectivity index (χ0n) is 9.60. The average Bonchev–Trinajstić information content (AvgIpc) is 2.39. The van der Waals surface area contributed by atoms with Crippen molar-refractivity contribution in [3.63, 3.8) is 0 Å². The van der Waals surface area contributed by atoms with Gasteiger partial charge in [0.2, 0.25) is 0 Å². The summed E-state index contributed by atoms with van der Waals surface area (Å²) in [5.74, 6) is 0.507. The zero-order valence-corrected chi connectivity index (χ0v) is 10.4. The first-order valence-electron chi connectivity index (χ1n) is 5.37. The molecule has 0 amide bonds. The van der Waals surface area contributed by atoms with Crippen molar-refractivity contribution in [3.05, 3.63) is 46.5 Å². The van der Waals surface area contributed by atoms with Crippen molar-refractivity contribution in [2.75, 3.05) is 0 Å². The number of hydrogen-bond acceptors (Lipinski definition) is 0. The molecule has 1 heteroatoms. The third-order valence-corrected chi connectivity index (χ3v) is 3.66. The van der Waals surface area contributed by atoms with Crippen LogP contribution in [0.1, 0.15) is 44.2 Å². The Hall–Kier alpha value is -0.750. The van der Waals surface area contributed by atoms with E-state index < -0.39 is 0 Å². The molecule has 1 aromatic rings. The molecule has 0 bridgehead atoms. The maximum Gasteiger partial charge on any atom is 0.0409 e. The lowest BCUT2D eigenvalue weighted by Crippen LogP contribution is -2.12. The summed E-state index contributed by atoms with van der Waals surface area (Å²) in [7, 11) is 0. The minimum Gasteiger partial charge on any atom is -0.0995 e. The van der Waals surface area contributed by atoms with Gasteiger partial charge in [0.1, 0.15) is 0 Å². The number of rotatable bonds is 1. The van der Waals surface area contributed by atoms with Crippen LogP contribution in [0, 0.1) is 0 Å². The molecule has 1 aromatic carbocycles. The van der Waals surface area contributed by atoms with Crippen LogP contribution in [0.2, 0.25) is 5.02 Å². The fraction of sp³-hybridized carbons (Fsp3) is 0.429. The van der Waals surface area contributed by atoms with Gasteiger partial charge >= 0.3 is 0 Å². The Morgan fingerprint density at radius 2 is 2.13 bits per heavy atom. The number of fused-ring (bicyclic) bond motifs is 1. The fourth-order valence-electron chi connectivity index (χ4n) is 2.59. The topological polar surface area (TPSA) is 0 Å². The molecule has 0 unspecified atom stereocenters. The van der Waals surface area contributed by atoms with Crippen LogP contribution < -0.4 is 0 Å². The van der Waals surface area contributed by atoms with E-state index in [0.717, 1.165) is 11.4 Å². The predicted octanol–water partition coefficient (Wildman–Crippen LogP) is 4.68. The van der Waals surface area contributed by atoms with Gasteiger partial charge in [0.15, 0.2) is 0 Å². The van der Waals surface area contributed by atoms with Gasteiger partial charge in [-0.25, -0.2) is 0 Å². The lowest BCUT2D eigenvalue weighted by Gasteiger charge is -2.19. The second-order valence-corrected chi connectivity index (χ2v) is 5.65. The van der Waals surface area contributed by atoms with Gasteiger partial charge in [0.05, 0.1) is 0 Å². The normalized spacial score (nSPS) is 22.5. The van der Waals surface area contributed by atoms with Crippen molar-refractivity contribution in [1.29, 1.82) is 0 Å². The second kappa shape index (κ2) is 3.38. The molecule has 0 nitrogen and oxygen atoms in total. The summed E-state index contributed by atoms with van der Waals surface area (Å²) in [6.07, 6.45) is 1.15. The van der Waals surface area contributed by atoms with E-state index in [1.54, 1.807) is 0 Å². The number of allylic oxidation sites excluding steroid dienone is 1. The SMILES string of the molecule is C=C(C)[C@H]1CC(C)(C)c2cc(Cl)ccc21. The quantitative estimate of drug-likeness (QED) is 0.603. The van der Waals surface area contributed by atoms with Crippen molar-refractivity contribution in [1.82, 2.24) is 0 Å². The van der Waals surface area contributed by atoms with Crippen LogP contribution in [-0.4, -0.2) is 0 Å². The van der Waals surface area contributed by atoms with Crippen molar-refractivity contribution in [3.8, 4) is 0 Å². The third kappa shape index (κ3) is 1.72. The number of halogens is 1. The fourth-order valence-corrected chi connectivity index (χ4v) is 2.76. The largest absolute Gasteiger partial charge is 0.0995 e. The van der Waals surface area contributed by atoms with Gasteiger partial charge < -0.3 is 0 Å². The van der Waals surface area contributed by atoms with Crippen LogP contribution >= 0.6 is 11.6 Å². The Morgan fingerprint density at radius 1 is 1.47 bits per heavy atom. The highest BCUT2D eigenvalue weighted by molar-refractivity contribution is 6.30. The molecule has 0 heterocycles. The molecule has 0 aliphatic heterocycles. The molecule has 2 rings (SSSR count). The molecule has 0 N–H and O–H groups in total. The summed E-state index contributed by atoms with van der Waals surface area (Å²) < 4.78 is 0. The van der Waals surface area contributed by atoms with E-state index in [-0.39, 0.29) is 5.41 Å². The molecular formula is C14H17Cl. The summed E-state index contributed by atoms with van der Waals surface area (Å²) in [6, 6.07) is 6.25. The van der Waals surface area contributed by atoms with Crippen molar-refractivity contribution in [2.45, 2.75) is 38.5 Å². The molecule has 1 aliphatic rings. The van der Waals surface area contributed by atoms with Crippen LogP contribution in [0.3, 0.4) is 0 Å². The smallest absolute Gasteiger partial charge is 0.0409 e. The molecule has 15 heavy (non-hydrogen) atoms.